The second-order valence-corrected chi connectivity index (χ2v) is 4.65. The first-order valence-electron chi connectivity index (χ1n) is 6.54. The van der Waals surface area contributed by atoms with Gasteiger partial charge < -0.3 is 10.4 Å². The summed E-state index contributed by atoms with van der Waals surface area (Å²) in [7, 11) is 0. The fourth-order valence-electron chi connectivity index (χ4n) is 1.89. The fourth-order valence-corrected chi connectivity index (χ4v) is 1.89. The number of hydrogen-bond acceptors (Lipinski definition) is 3. The van der Waals surface area contributed by atoms with Crippen molar-refractivity contribution >= 4 is 11.6 Å². The maximum atomic E-state index is 12.2. The summed E-state index contributed by atoms with van der Waals surface area (Å²) in [6, 6.07) is 8.97. The number of aryl methyl sites for hydroxylation is 2. The van der Waals surface area contributed by atoms with Crippen molar-refractivity contribution in [3.63, 3.8) is 0 Å². The molecule has 4 heteroatoms. The van der Waals surface area contributed by atoms with Crippen molar-refractivity contribution in [2.45, 2.75) is 13.8 Å². The number of aromatic nitrogens is 1. The molecule has 0 aliphatic heterocycles. The Morgan fingerprint density at radius 1 is 1.29 bits per heavy atom. The van der Waals surface area contributed by atoms with Gasteiger partial charge in [0.05, 0.1) is 5.69 Å². The van der Waals surface area contributed by atoms with E-state index in [2.05, 4.69) is 22.1 Å². The Bertz CT molecular complexity index is 727. The lowest BCUT2D eigenvalue weighted by atomic mass is 10.1. The zero-order valence-electron chi connectivity index (χ0n) is 12.0. The number of hydrogen-bond donors (Lipinski definition) is 2. The second kappa shape index (κ2) is 6.69. The summed E-state index contributed by atoms with van der Waals surface area (Å²) in [4.78, 5) is 16.3. The van der Waals surface area contributed by atoms with E-state index in [1.54, 1.807) is 18.3 Å². The van der Waals surface area contributed by atoms with Crippen LogP contribution in [0.1, 0.15) is 27.2 Å². The maximum Gasteiger partial charge on any atom is 0.255 e. The minimum absolute atomic E-state index is 0.212. The van der Waals surface area contributed by atoms with E-state index in [4.69, 9.17) is 5.11 Å². The van der Waals surface area contributed by atoms with Gasteiger partial charge in [-0.25, -0.2) is 0 Å². The molecule has 1 aromatic heterocycles. The average molecular weight is 280 g/mol. The van der Waals surface area contributed by atoms with Crippen molar-refractivity contribution in [1.82, 2.24) is 4.98 Å². The van der Waals surface area contributed by atoms with Gasteiger partial charge in [0.15, 0.2) is 0 Å². The van der Waals surface area contributed by atoms with E-state index in [-0.39, 0.29) is 12.5 Å². The lowest BCUT2D eigenvalue weighted by Crippen LogP contribution is -2.13. The Hall–Kier alpha value is -2.64. The molecule has 0 saturated heterocycles. The van der Waals surface area contributed by atoms with Gasteiger partial charge in [-0.05, 0) is 43.7 Å². The number of aliphatic hydroxyl groups excluding tert-OH is 1. The first kappa shape index (κ1) is 14.8. The van der Waals surface area contributed by atoms with Gasteiger partial charge in [-0.3, -0.25) is 9.78 Å². The van der Waals surface area contributed by atoms with E-state index in [1.165, 1.54) is 0 Å². The Morgan fingerprint density at radius 3 is 2.81 bits per heavy atom. The number of pyridine rings is 1. The third-order valence-corrected chi connectivity index (χ3v) is 2.88. The molecule has 0 spiro atoms. The molecule has 1 amide bonds. The molecule has 0 bridgehead atoms. The van der Waals surface area contributed by atoms with Gasteiger partial charge in [0.1, 0.15) is 6.61 Å². The first-order chi connectivity index (χ1) is 10.1. The number of carbonyl (C=O) groups is 1. The zero-order valence-corrected chi connectivity index (χ0v) is 12.0. The Balaban J connectivity index is 2.29. The second-order valence-electron chi connectivity index (χ2n) is 4.65. The number of nitrogens with zero attached hydrogens (tertiary/aromatic N) is 1. The van der Waals surface area contributed by atoms with Gasteiger partial charge >= 0.3 is 0 Å². The highest BCUT2D eigenvalue weighted by atomic mass is 16.2. The number of nitrogens with one attached hydrogen (secondary N) is 1. The van der Waals surface area contributed by atoms with Crippen LogP contribution in [0.5, 0.6) is 0 Å². The number of aliphatic hydroxyl groups is 1. The molecule has 1 aromatic carbocycles. The molecule has 0 aliphatic rings. The van der Waals surface area contributed by atoms with Crippen LogP contribution in [0.15, 0.2) is 36.5 Å². The zero-order chi connectivity index (χ0) is 15.2. The highest BCUT2D eigenvalue weighted by Crippen LogP contribution is 2.17. The van der Waals surface area contributed by atoms with Crippen LogP contribution in [-0.4, -0.2) is 22.6 Å². The number of benzene rings is 1. The largest absolute Gasteiger partial charge is 0.384 e. The molecule has 0 saturated carbocycles. The van der Waals surface area contributed by atoms with Crippen LogP contribution in [0.4, 0.5) is 5.69 Å². The monoisotopic (exact) mass is 280 g/mol. The van der Waals surface area contributed by atoms with E-state index in [0.717, 1.165) is 11.3 Å². The third kappa shape index (κ3) is 3.91. The van der Waals surface area contributed by atoms with Gasteiger partial charge in [-0.15, -0.1) is 0 Å². The summed E-state index contributed by atoms with van der Waals surface area (Å²) >= 11 is 0. The van der Waals surface area contributed by atoms with E-state index in [0.29, 0.717) is 16.8 Å². The lowest BCUT2D eigenvalue weighted by molar-refractivity contribution is 0.102. The Kier molecular flexibility index (Phi) is 4.70. The summed E-state index contributed by atoms with van der Waals surface area (Å²) in [6.07, 6.45) is 1.60. The number of anilines is 1. The molecule has 0 atom stereocenters. The summed E-state index contributed by atoms with van der Waals surface area (Å²) in [5.74, 6) is 5.23. The highest BCUT2D eigenvalue weighted by Gasteiger charge is 2.09. The molecule has 0 aliphatic carbocycles. The molecule has 2 aromatic rings. The normalized spacial score (nSPS) is 9.67. The van der Waals surface area contributed by atoms with Crippen LogP contribution in [0, 0.1) is 25.7 Å². The van der Waals surface area contributed by atoms with Crippen LogP contribution in [0.25, 0.3) is 0 Å². The molecule has 4 nitrogen and oxygen atoms in total. The predicted octanol–water partition coefficient (Wildman–Crippen LogP) is 2.29. The molecular formula is C17H16N2O2. The molecule has 2 rings (SSSR count). The molecule has 0 unspecified atom stereocenters. The van der Waals surface area contributed by atoms with Gasteiger partial charge in [0.2, 0.25) is 0 Å². The topological polar surface area (TPSA) is 62.2 Å². The molecule has 1 heterocycles. The van der Waals surface area contributed by atoms with Crippen molar-refractivity contribution in [1.29, 1.82) is 0 Å². The summed E-state index contributed by atoms with van der Waals surface area (Å²) in [6.45, 7) is 3.56. The van der Waals surface area contributed by atoms with Crippen LogP contribution in [0.3, 0.4) is 0 Å². The molecule has 0 radical (unpaired) electrons. The molecular weight excluding hydrogens is 264 g/mol. The number of rotatable bonds is 2. The fraction of sp³-hybridized carbons (Fsp3) is 0.176. The Labute approximate surface area is 123 Å². The number of amides is 1. The smallest absolute Gasteiger partial charge is 0.255 e. The van der Waals surface area contributed by atoms with E-state index in [1.807, 2.05) is 32.0 Å². The molecule has 21 heavy (non-hydrogen) atoms. The quantitative estimate of drug-likeness (QED) is 0.830. The number of carbonyl (C=O) groups excluding carboxylic acids is 1. The predicted molar refractivity (Wildman–Crippen MR) is 82.1 cm³/mol. The van der Waals surface area contributed by atoms with Crippen molar-refractivity contribution < 1.29 is 9.90 Å². The average Bonchev–Trinajstić information content (AvgIpc) is 2.47. The van der Waals surface area contributed by atoms with Gasteiger partial charge in [0, 0.05) is 23.0 Å². The van der Waals surface area contributed by atoms with Crippen LogP contribution in [-0.2, 0) is 0 Å². The summed E-state index contributed by atoms with van der Waals surface area (Å²) in [5.41, 5.74) is 3.68. The summed E-state index contributed by atoms with van der Waals surface area (Å²) in [5, 5.41) is 11.6. The molecule has 106 valence electrons. The van der Waals surface area contributed by atoms with Crippen LogP contribution in [0.2, 0.25) is 0 Å². The van der Waals surface area contributed by atoms with Gasteiger partial charge in [-0.1, -0.05) is 17.9 Å². The van der Waals surface area contributed by atoms with Gasteiger partial charge in [0.25, 0.3) is 5.91 Å². The minimum atomic E-state index is -0.217. The Morgan fingerprint density at radius 2 is 2.10 bits per heavy atom. The molecule has 2 N–H and O–H groups in total. The third-order valence-electron chi connectivity index (χ3n) is 2.88. The van der Waals surface area contributed by atoms with E-state index >= 15 is 0 Å². The van der Waals surface area contributed by atoms with Crippen LogP contribution < -0.4 is 5.32 Å². The standard InChI is InChI=1S/C17H16N2O2/c1-12-5-6-16(14(10-12)4-3-9-20)19-17(21)15-7-8-18-13(2)11-15/h5-8,10-11,20H,9H2,1-2H3,(H,19,21). The van der Waals surface area contributed by atoms with E-state index < -0.39 is 0 Å². The van der Waals surface area contributed by atoms with Crippen molar-refractivity contribution in [3.8, 4) is 11.8 Å². The first-order valence-corrected chi connectivity index (χ1v) is 6.54. The van der Waals surface area contributed by atoms with Gasteiger partial charge in [-0.2, -0.15) is 0 Å². The highest BCUT2D eigenvalue weighted by molar-refractivity contribution is 6.04. The molecule has 0 fully saturated rings. The van der Waals surface area contributed by atoms with Crippen molar-refractivity contribution in [2.75, 3.05) is 11.9 Å². The van der Waals surface area contributed by atoms with Crippen LogP contribution >= 0.6 is 0 Å². The maximum absolute atomic E-state index is 12.2. The lowest BCUT2D eigenvalue weighted by Gasteiger charge is -2.09. The van der Waals surface area contributed by atoms with Crippen molar-refractivity contribution in [2.24, 2.45) is 0 Å². The van der Waals surface area contributed by atoms with Crippen molar-refractivity contribution in [3.05, 3.63) is 58.9 Å². The van der Waals surface area contributed by atoms with E-state index in [9.17, 15) is 4.79 Å². The SMILES string of the molecule is Cc1ccc(NC(=O)c2ccnc(C)c2)c(C#CCO)c1. The minimum Gasteiger partial charge on any atom is -0.384 e. The summed E-state index contributed by atoms with van der Waals surface area (Å²) < 4.78 is 0.